The molecule has 3 rings (SSSR count). The second kappa shape index (κ2) is 7.27. The van der Waals surface area contributed by atoms with Crippen molar-refractivity contribution in [2.24, 2.45) is 0 Å². The monoisotopic (exact) mass is 342 g/mol. The van der Waals surface area contributed by atoms with Gasteiger partial charge in [-0.05, 0) is 23.1 Å². The summed E-state index contributed by atoms with van der Waals surface area (Å²) < 4.78 is 5.70. The Morgan fingerprint density at radius 2 is 2.04 bits per heavy atom. The number of rotatable bonds is 5. The first-order chi connectivity index (χ1) is 11.9. The molecule has 6 heteroatoms. The van der Waals surface area contributed by atoms with Gasteiger partial charge in [-0.3, -0.25) is 9.89 Å². The molecule has 0 spiro atoms. The van der Waals surface area contributed by atoms with Crippen LogP contribution in [0.1, 0.15) is 48.1 Å². The van der Waals surface area contributed by atoms with Crippen molar-refractivity contribution in [2.45, 2.75) is 39.2 Å². The van der Waals surface area contributed by atoms with E-state index in [0.717, 1.165) is 30.0 Å². The lowest BCUT2D eigenvalue weighted by atomic mass is 9.87. The molecule has 1 aromatic carbocycles. The Hall–Kier alpha value is -2.34. The zero-order valence-electron chi connectivity index (χ0n) is 15.1. The highest BCUT2D eigenvalue weighted by molar-refractivity contribution is 5.94. The smallest absolute Gasteiger partial charge is 0.272 e. The van der Waals surface area contributed by atoms with Crippen LogP contribution in [-0.4, -0.2) is 35.8 Å². The number of H-pyrrole nitrogens is 1. The summed E-state index contributed by atoms with van der Waals surface area (Å²) in [6.07, 6.45) is 0.878. The van der Waals surface area contributed by atoms with Crippen molar-refractivity contribution in [3.63, 3.8) is 0 Å². The summed E-state index contributed by atoms with van der Waals surface area (Å²) in [5, 5.41) is 13.2. The lowest BCUT2D eigenvalue weighted by Gasteiger charge is -2.19. The van der Waals surface area contributed by atoms with Crippen molar-refractivity contribution >= 4 is 5.91 Å². The molecule has 134 valence electrons. The van der Waals surface area contributed by atoms with Crippen LogP contribution in [0.3, 0.4) is 0 Å². The Morgan fingerprint density at radius 3 is 2.76 bits per heavy atom. The summed E-state index contributed by atoms with van der Waals surface area (Å²) in [7, 11) is 0. The standard InChI is InChI=1S/C19H26N4O2/c1-19(2,3)13-4-6-14(7-5-13)25-11-10-21-18(24)17-15-12-20-9-8-16(15)22-23-17/h4-7,20H,8-12H2,1-3H3,(H,21,24)(H,22,23). The second-order valence-corrected chi connectivity index (χ2v) is 7.33. The molecule has 6 nitrogen and oxygen atoms in total. The summed E-state index contributed by atoms with van der Waals surface area (Å²) in [6, 6.07) is 8.10. The van der Waals surface area contributed by atoms with Crippen LogP contribution in [-0.2, 0) is 18.4 Å². The Labute approximate surface area is 148 Å². The Kier molecular flexibility index (Phi) is 5.08. The van der Waals surface area contributed by atoms with E-state index in [1.807, 2.05) is 12.1 Å². The molecule has 2 heterocycles. The van der Waals surface area contributed by atoms with E-state index in [1.165, 1.54) is 5.56 Å². The minimum absolute atomic E-state index is 0.129. The van der Waals surface area contributed by atoms with E-state index in [4.69, 9.17) is 4.74 Å². The second-order valence-electron chi connectivity index (χ2n) is 7.33. The number of nitrogens with one attached hydrogen (secondary N) is 3. The van der Waals surface area contributed by atoms with Gasteiger partial charge in [0.2, 0.25) is 0 Å². The highest BCUT2D eigenvalue weighted by Gasteiger charge is 2.21. The maximum atomic E-state index is 12.3. The SMILES string of the molecule is CC(C)(C)c1ccc(OCCNC(=O)c2n[nH]c3c2CNCC3)cc1. The first kappa shape index (κ1) is 17.5. The third kappa shape index (κ3) is 4.20. The number of benzene rings is 1. The molecule has 1 aliphatic heterocycles. The van der Waals surface area contributed by atoms with E-state index in [9.17, 15) is 4.79 Å². The average Bonchev–Trinajstić information content (AvgIpc) is 3.02. The van der Waals surface area contributed by atoms with Gasteiger partial charge in [-0.1, -0.05) is 32.9 Å². The van der Waals surface area contributed by atoms with Gasteiger partial charge in [0.15, 0.2) is 5.69 Å². The van der Waals surface area contributed by atoms with Crippen molar-refractivity contribution in [3.05, 3.63) is 46.8 Å². The fourth-order valence-electron chi connectivity index (χ4n) is 2.88. The van der Waals surface area contributed by atoms with E-state index >= 15 is 0 Å². The number of carbonyl (C=O) groups excluding carboxylic acids is 1. The van der Waals surface area contributed by atoms with Crippen LogP contribution in [0, 0.1) is 0 Å². The van der Waals surface area contributed by atoms with Gasteiger partial charge in [0, 0.05) is 30.8 Å². The molecular weight excluding hydrogens is 316 g/mol. The van der Waals surface area contributed by atoms with E-state index < -0.39 is 0 Å². The maximum Gasteiger partial charge on any atom is 0.272 e. The molecule has 1 aliphatic rings. The summed E-state index contributed by atoms with van der Waals surface area (Å²) >= 11 is 0. The quantitative estimate of drug-likeness (QED) is 0.728. The van der Waals surface area contributed by atoms with Crippen LogP contribution in [0.5, 0.6) is 5.75 Å². The topological polar surface area (TPSA) is 79.0 Å². The molecule has 0 fully saturated rings. The fourth-order valence-corrected chi connectivity index (χ4v) is 2.88. The highest BCUT2D eigenvalue weighted by Crippen LogP contribution is 2.24. The number of hydrogen-bond donors (Lipinski definition) is 3. The van der Waals surface area contributed by atoms with Crippen molar-refractivity contribution in [3.8, 4) is 5.75 Å². The van der Waals surface area contributed by atoms with Crippen LogP contribution in [0.25, 0.3) is 0 Å². The summed E-state index contributed by atoms with van der Waals surface area (Å²) in [6.45, 7) is 9.01. The zero-order chi connectivity index (χ0) is 17.9. The van der Waals surface area contributed by atoms with Crippen molar-refractivity contribution in [1.29, 1.82) is 0 Å². The molecule has 3 N–H and O–H groups in total. The first-order valence-electron chi connectivity index (χ1n) is 8.73. The first-order valence-corrected chi connectivity index (χ1v) is 8.73. The number of aromatic nitrogens is 2. The van der Waals surface area contributed by atoms with E-state index in [1.54, 1.807) is 0 Å². The lowest BCUT2D eigenvalue weighted by molar-refractivity contribution is 0.0941. The lowest BCUT2D eigenvalue weighted by Crippen LogP contribution is -2.31. The van der Waals surface area contributed by atoms with Gasteiger partial charge in [0.25, 0.3) is 5.91 Å². The zero-order valence-corrected chi connectivity index (χ0v) is 15.1. The van der Waals surface area contributed by atoms with Crippen molar-refractivity contribution < 1.29 is 9.53 Å². The molecule has 2 aromatic rings. The molecule has 1 aromatic heterocycles. The summed E-state index contributed by atoms with van der Waals surface area (Å²) in [4.78, 5) is 12.3. The average molecular weight is 342 g/mol. The maximum absolute atomic E-state index is 12.3. The number of amides is 1. The van der Waals surface area contributed by atoms with Gasteiger partial charge < -0.3 is 15.4 Å². The Balaban J connectivity index is 1.47. The van der Waals surface area contributed by atoms with Crippen LogP contribution >= 0.6 is 0 Å². The third-order valence-electron chi connectivity index (χ3n) is 4.40. The molecular formula is C19H26N4O2. The third-order valence-corrected chi connectivity index (χ3v) is 4.40. The molecule has 0 aliphatic carbocycles. The Bertz CT molecular complexity index is 729. The molecule has 0 unspecified atom stereocenters. The predicted octanol–water partition coefficient (Wildman–Crippen LogP) is 2.16. The number of aromatic amines is 1. The minimum Gasteiger partial charge on any atom is -0.492 e. The molecule has 1 amide bonds. The summed E-state index contributed by atoms with van der Waals surface area (Å²) in [5.41, 5.74) is 3.91. The van der Waals surface area contributed by atoms with Gasteiger partial charge >= 0.3 is 0 Å². The van der Waals surface area contributed by atoms with Crippen LogP contribution in [0.2, 0.25) is 0 Å². The molecule has 0 saturated carbocycles. The number of nitrogens with zero attached hydrogens (tertiary/aromatic N) is 1. The molecule has 25 heavy (non-hydrogen) atoms. The van der Waals surface area contributed by atoms with E-state index in [-0.39, 0.29) is 11.3 Å². The number of ether oxygens (including phenoxy) is 1. The van der Waals surface area contributed by atoms with Crippen LogP contribution in [0.15, 0.2) is 24.3 Å². The molecule has 0 saturated heterocycles. The van der Waals surface area contributed by atoms with Crippen LogP contribution < -0.4 is 15.4 Å². The fraction of sp³-hybridized carbons (Fsp3) is 0.474. The van der Waals surface area contributed by atoms with Gasteiger partial charge in [-0.15, -0.1) is 0 Å². The van der Waals surface area contributed by atoms with Gasteiger partial charge in [0.05, 0.1) is 6.54 Å². The molecule has 0 bridgehead atoms. The van der Waals surface area contributed by atoms with E-state index in [0.29, 0.717) is 25.4 Å². The normalized spacial score (nSPS) is 14.0. The number of hydrogen-bond acceptors (Lipinski definition) is 4. The van der Waals surface area contributed by atoms with Crippen molar-refractivity contribution in [2.75, 3.05) is 19.7 Å². The molecule has 0 radical (unpaired) electrons. The van der Waals surface area contributed by atoms with Gasteiger partial charge in [-0.2, -0.15) is 5.10 Å². The number of carbonyl (C=O) groups is 1. The van der Waals surface area contributed by atoms with Gasteiger partial charge in [-0.25, -0.2) is 0 Å². The predicted molar refractivity (Wildman–Crippen MR) is 97.0 cm³/mol. The Morgan fingerprint density at radius 1 is 1.28 bits per heavy atom. The molecule has 0 atom stereocenters. The van der Waals surface area contributed by atoms with Crippen LogP contribution in [0.4, 0.5) is 0 Å². The van der Waals surface area contributed by atoms with Gasteiger partial charge in [0.1, 0.15) is 12.4 Å². The number of fused-ring (bicyclic) bond motifs is 1. The minimum atomic E-state index is -0.159. The highest BCUT2D eigenvalue weighted by atomic mass is 16.5. The van der Waals surface area contributed by atoms with Crippen molar-refractivity contribution in [1.82, 2.24) is 20.8 Å². The van der Waals surface area contributed by atoms with E-state index in [2.05, 4.69) is 53.7 Å². The largest absolute Gasteiger partial charge is 0.492 e. The summed E-state index contributed by atoms with van der Waals surface area (Å²) in [5.74, 6) is 0.650.